The highest BCUT2D eigenvalue weighted by molar-refractivity contribution is 9.11. The molecule has 0 saturated carbocycles. The number of thiazole rings is 1. The summed E-state index contributed by atoms with van der Waals surface area (Å²) >= 11 is 4.89. The molecule has 2 aromatic rings. The Kier molecular flexibility index (Phi) is 2.06. The molecule has 64 valence electrons. The smallest absolute Gasteiger partial charge is 0.160 e. The topological polar surface area (TPSA) is 36.7 Å². The largest absolute Gasteiger partial charge is 0.229 e. The summed E-state index contributed by atoms with van der Waals surface area (Å²) in [5, 5.41) is 8.81. The molecule has 0 bridgehead atoms. The van der Waals surface area contributed by atoms with Crippen LogP contribution in [0.3, 0.4) is 0 Å². The van der Waals surface area contributed by atoms with E-state index in [-0.39, 0.29) is 0 Å². The van der Waals surface area contributed by atoms with Crippen LogP contribution in [0, 0.1) is 18.3 Å². The van der Waals surface area contributed by atoms with Gasteiger partial charge in [0.15, 0.2) is 3.92 Å². The fourth-order valence-electron chi connectivity index (χ4n) is 1.22. The molecule has 0 unspecified atom stereocenters. The van der Waals surface area contributed by atoms with Crippen molar-refractivity contribution in [2.24, 2.45) is 0 Å². The van der Waals surface area contributed by atoms with E-state index in [1.54, 1.807) is 11.3 Å². The summed E-state index contributed by atoms with van der Waals surface area (Å²) in [6.45, 7) is 1.95. The van der Waals surface area contributed by atoms with Gasteiger partial charge in [-0.05, 0) is 40.5 Å². The van der Waals surface area contributed by atoms with Crippen molar-refractivity contribution < 1.29 is 0 Å². The molecule has 0 aliphatic carbocycles. The molecule has 0 fully saturated rings. The molecule has 1 heterocycles. The van der Waals surface area contributed by atoms with Crippen molar-refractivity contribution in [1.82, 2.24) is 4.98 Å². The molecule has 2 rings (SSSR count). The third-order valence-corrected chi connectivity index (χ3v) is 3.54. The van der Waals surface area contributed by atoms with E-state index < -0.39 is 0 Å². The summed E-state index contributed by atoms with van der Waals surface area (Å²) in [6.07, 6.45) is 0. The number of nitrogens with zero attached hydrogens (tertiary/aromatic N) is 2. The van der Waals surface area contributed by atoms with Gasteiger partial charge < -0.3 is 0 Å². The Labute approximate surface area is 88.0 Å². The monoisotopic (exact) mass is 252 g/mol. The minimum absolute atomic E-state index is 0.726. The summed E-state index contributed by atoms with van der Waals surface area (Å²) < 4.78 is 1.95. The normalized spacial score (nSPS) is 10.2. The van der Waals surface area contributed by atoms with Gasteiger partial charge in [-0.25, -0.2) is 4.98 Å². The van der Waals surface area contributed by atoms with Gasteiger partial charge in [0.25, 0.3) is 0 Å². The van der Waals surface area contributed by atoms with Crippen LogP contribution in [-0.4, -0.2) is 4.98 Å². The zero-order valence-electron chi connectivity index (χ0n) is 6.84. The van der Waals surface area contributed by atoms with E-state index in [9.17, 15) is 0 Å². The molecule has 1 aromatic carbocycles. The number of benzene rings is 1. The maximum atomic E-state index is 8.81. The minimum Gasteiger partial charge on any atom is -0.229 e. The molecule has 4 heteroatoms. The Bertz CT molecular complexity index is 510. The molecule has 13 heavy (non-hydrogen) atoms. The summed E-state index contributed by atoms with van der Waals surface area (Å²) in [5.74, 6) is 0. The average Bonchev–Trinajstić information content (AvgIpc) is 2.47. The van der Waals surface area contributed by atoms with Crippen LogP contribution in [0.4, 0.5) is 0 Å². The second kappa shape index (κ2) is 3.09. The van der Waals surface area contributed by atoms with Gasteiger partial charge in [0.05, 0.1) is 21.8 Å². The Morgan fingerprint density at radius 3 is 3.00 bits per heavy atom. The zero-order valence-corrected chi connectivity index (χ0v) is 9.24. The lowest BCUT2D eigenvalue weighted by molar-refractivity contribution is 1.41. The molecule has 0 aliphatic rings. The highest BCUT2D eigenvalue weighted by Gasteiger charge is 2.07. The maximum Gasteiger partial charge on any atom is 0.160 e. The number of hydrogen-bond donors (Lipinski definition) is 0. The third-order valence-electron chi connectivity index (χ3n) is 1.90. The predicted molar refractivity (Wildman–Crippen MR) is 56.8 cm³/mol. The van der Waals surface area contributed by atoms with Crippen molar-refractivity contribution in [3.05, 3.63) is 27.2 Å². The van der Waals surface area contributed by atoms with Gasteiger partial charge in [-0.1, -0.05) is 0 Å². The van der Waals surface area contributed by atoms with Crippen molar-refractivity contribution >= 4 is 37.5 Å². The first-order valence-corrected chi connectivity index (χ1v) is 5.29. The van der Waals surface area contributed by atoms with Gasteiger partial charge in [-0.3, -0.25) is 0 Å². The van der Waals surface area contributed by atoms with E-state index in [0.717, 1.165) is 25.3 Å². The molecule has 0 saturated heterocycles. The Morgan fingerprint density at radius 1 is 1.54 bits per heavy atom. The van der Waals surface area contributed by atoms with E-state index in [1.165, 1.54) is 0 Å². The summed E-state index contributed by atoms with van der Waals surface area (Å²) in [4.78, 5) is 4.28. The van der Waals surface area contributed by atoms with Crippen LogP contribution in [0.5, 0.6) is 0 Å². The van der Waals surface area contributed by atoms with Gasteiger partial charge in [0.2, 0.25) is 0 Å². The van der Waals surface area contributed by atoms with Gasteiger partial charge in [-0.2, -0.15) is 5.26 Å². The van der Waals surface area contributed by atoms with Gasteiger partial charge in [0, 0.05) is 0 Å². The molecule has 2 nitrogen and oxygen atoms in total. The fraction of sp³-hybridized carbons (Fsp3) is 0.111. The molecule has 0 aliphatic heterocycles. The van der Waals surface area contributed by atoms with E-state index in [0.29, 0.717) is 0 Å². The zero-order chi connectivity index (χ0) is 9.42. The maximum absolute atomic E-state index is 8.81. The Hall–Kier alpha value is -0.920. The van der Waals surface area contributed by atoms with Crippen LogP contribution < -0.4 is 0 Å². The van der Waals surface area contributed by atoms with Crippen LogP contribution in [0.1, 0.15) is 11.1 Å². The fourth-order valence-corrected chi connectivity index (χ4v) is 2.69. The van der Waals surface area contributed by atoms with Crippen LogP contribution in [0.25, 0.3) is 10.2 Å². The van der Waals surface area contributed by atoms with E-state index in [4.69, 9.17) is 5.26 Å². The molecular formula is C9H5BrN2S. The first-order chi connectivity index (χ1) is 6.22. The highest BCUT2D eigenvalue weighted by atomic mass is 79.9. The molecular weight excluding hydrogens is 248 g/mol. The second-order valence-electron chi connectivity index (χ2n) is 2.66. The summed E-state index contributed by atoms with van der Waals surface area (Å²) in [7, 11) is 0. The van der Waals surface area contributed by atoms with Crippen molar-refractivity contribution in [2.45, 2.75) is 6.92 Å². The Morgan fingerprint density at radius 2 is 2.31 bits per heavy atom. The molecule has 0 spiro atoms. The van der Waals surface area contributed by atoms with Crippen molar-refractivity contribution in [3.63, 3.8) is 0 Å². The molecule has 0 amide bonds. The Balaban J connectivity index is 2.87. The second-order valence-corrected chi connectivity index (χ2v) is 4.94. The highest BCUT2D eigenvalue weighted by Crippen LogP contribution is 2.30. The average molecular weight is 253 g/mol. The first kappa shape index (κ1) is 8.67. The number of halogens is 1. The van der Waals surface area contributed by atoms with Crippen LogP contribution >= 0.6 is 27.3 Å². The lowest BCUT2D eigenvalue weighted by Gasteiger charge is -1.95. The van der Waals surface area contributed by atoms with Gasteiger partial charge >= 0.3 is 0 Å². The van der Waals surface area contributed by atoms with E-state index in [2.05, 4.69) is 27.0 Å². The van der Waals surface area contributed by atoms with E-state index in [1.807, 2.05) is 19.1 Å². The summed E-state index contributed by atoms with van der Waals surface area (Å²) in [5.41, 5.74) is 2.69. The number of hydrogen-bond acceptors (Lipinski definition) is 3. The molecule has 0 atom stereocenters. The third kappa shape index (κ3) is 1.34. The van der Waals surface area contributed by atoms with Gasteiger partial charge in [-0.15, -0.1) is 11.3 Å². The number of rotatable bonds is 0. The standard InChI is InChI=1S/C9H5BrN2S/c1-5-6(4-11)2-3-7-8(5)13-9(10)12-7/h2-3H,1H3. The van der Waals surface area contributed by atoms with Crippen molar-refractivity contribution in [3.8, 4) is 6.07 Å². The predicted octanol–water partition coefficient (Wildman–Crippen LogP) is 3.24. The van der Waals surface area contributed by atoms with Gasteiger partial charge in [0.1, 0.15) is 0 Å². The van der Waals surface area contributed by atoms with Crippen molar-refractivity contribution in [1.29, 1.82) is 5.26 Å². The number of aromatic nitrogens is 1. The number of fused-ring (bicyclic) bond motifs is 1. The van der Waals surface area contributed by atoms with Crippen molar-refractivity contribution in [2.75, 3.05) is 0 Å². The minimum atomic E-state index is 0.726. The SMILES string of the molecule is Cc1c(C#N)ccc2nc(Br)sc12. The van der Waals surface area contributed by atoms with Crippen LogP contribution in [-0.2, 0) is 0 Å². The van der Waals surface area contributed by atoms with Crippen LogP contribution in [0.2, 0.25) is 0 Å². The molecule has 0 radical (unpaired) electrons. The quantitative estimate of drug-likeness (QED) is 0.722. The van der Waals surface area contributed by atoms with Crippen LogP contribution in [0.15, 0.2) is 16.0 Å². The number of aryl methyl sites for hydroxylation is 1. The lowest BCUT2D eigenvalue weighted by atomic mass is 10.1. The van der Waals surface area contributed by atoms with E-state index >= 15 is 0 Å². The summed E-state index contributed by atoms with van der Waals surface area (Å²) in [6, 6.07) is 5.85. The number of nitriles is 1. The lowest BCUT2D eigenvalue weighted by Crippen LogP contribution is -1.81. The molecule has 1 aromatic heterocycles. The molecule has 0 N–H and O–H groups in total. The first-order valence-electron chi connectivity index (χ1n) is 3.68.